The van der Waals surface area contributed by atoms with Crippen molar-refractivity contribution in [3.63, 3.8) is 0 Å². The van der Waals surface area contributed by atoms with Gasteiger partial charge >= 0.3 is 5.97 Å². The van der Waals surface area contributed by atoms with E-state index in [9.17, 15) is 33.8 Å². The molecule has 3 fully saturated rings. The molecule has 2 aliphatic carbocycles. The third kappa shape index (κ3) is 5.11. The Bertz CT molecular complexity index is 2260. The van der Waals surface area contributed by atoms with Crippen molar-refractivity contribution >= 4 is 52.6 Å². The highest BCUT2D eigenvalue weighted by molar-refractivity contribution is 6.30. The number of methoxy groups -OCH3 is 1. The fourth-order valence-electron chi connectivity index (χ4n) is 8.97. The van der Waals surface area contributed by atoms with Gasteiger partial charge in [-0.15, -0.1) is 0 Å². The van der Waals surface area contributed by atoms with Crippen molar-refractivity contribution < 1.29 is 43.3 Å². The number of ether oxygens (including phenoxy) is 1. The van der Waals surface area contributed by atoms with Gasteiger partial charge in [0, 0.05) is 22.6 Å². The molecule has 13 heteroatoms. The molecule has 6 atom stereocenters. The largest absolute Gasteiger partial charge is 0.508 e. The highest BCUT2D eigenvalue weighted by Gasteiger charge is 2.70. The number of carboxylic acid groups (broad SMARTS) is 1. The van der Waals surface area contributed by atoms with Crippen LogP contribution in [0.2, 0.25) is 5.02 Å². The van der Waals surface area contributed by atoms with Gasteiger partial charge in [-0.25, -0.2) is 9.18 Å². The van der Waals surface area contributed by atoms with E-state index >= 15 is 4.79 Å². The first-order chi connectivity index (χ1) is 25.4. The van der Waals surface area contributed by atoms with Crippen LogP contribution < -0.4 is 15.1 Å². The van der Waals surface area contributed by atoms with Crippen LogP contribution in [0.4, 0.5) is 15.8 Å². The fraction of sp³-hybridized carbons (Fsp3) is 0.225. The number of imide groups is 2. The minimum absolute atomic E-state index is 0.000717. The van der Waals surface area contributed by atoms with Gasteiger partial charge in [0.15, 0.2) is 0 Å². The van der Waals surface area contributed by atoms with E-state index in [1.165, 1.54) is 67.8 Å². The summed E-state index contributed by atoms with van der Waals surface area (Å²) in [4.78, 5) is 71.4. The standard InChI is InChI=1S/C40H31ClFN3O8/c1-53-32-18-26(46)13-14-28(32)34-27-15-16-29-33(37(49)44(35(29)47)25-4-2-3-20(17-25)38(50)51)30(27)19-31-36(48)45(43-24-11-9-23(42)10-12-24)39(52)40(31,34)21-5-7-22(41)8-6-21/h2-15,17-18,29-31,33-34,43,46H,16,19H2,1H3,(H,50,51)/t29-,30+,31-,33-,34+,40+/m0/s1. The van der Waals surface area contributed by atoms with E-state index in [1.54, 1.807) is 30.3 Å². The van der Waals surface area contributed by atoms with E-state index in [1.807, 2.05) is 6.08 Å². The third-order valence-corrected chi connectivity index (χ3v) is 11.4. The Labute approximate surface area is 307 Å². The maximum atomic E-state index is 15.3. The number of carboxylic acids is 1. The van der Waals surface area contributed by atoms with Crippen molar-refractivity contribution in [3.05, 3.63) is 130 Å². The van der Waals surface area contributed by atoms with Gasteiger partial charge in [0.05, 0.1) is 47.2 Å². The molecule has 0 unspecified atom stereocenters. The summed E-state index contributed by atoms with van der Waals surface area (Å²) in [6.45, 7) is 0. The lowest BCUT2D eigenvalue weighted by atomic mass is 9.49. The number of aromatic carboxylic acids is 1. The summed E-state index contributed by atoms with van der Waals surface area (Å²) in [7, 11) is 1.42. The van der Waals surface area contributed by atoms with Crippen molar-refractivity contribution in [1.29, 1.82) is 0 Å². The number of benzene rings is 4. The number of nitrogens with one attached hydrogen (secondary N) is 1. The number of carbonyl (C=O) groups excluding carboxylic acids is 4. The quantitative estimate of drug-likeness (QED) is 0.151. The molecule has 2 aliphatic heterocycles. The van der Waals surface area contributed by atoms with Gasteiger partial charge in [-0.1, -0.05) is 47.5 Å². The van der Waals surface area contributed by atoms with Crippen LogP contribution in [0.5, 0.6) is 11.5 Å². The first-order valence-corrected chi connectivity index (χ1v) is 17.3. The Morgan fingerprint density at radius 3 is 2.36 bits per heavy atom. The van der Waals surface area contributed by atoms with Crippen LogP contribution in [-0.2, 0) is 24.6 Å². The second-order valence-corrected chi connectivity index (χ2v) is 14.1. The van der Waals surface area contributed by atoms with Crippen LogP contribution in [0.1, 0.15) is 40.2 Å². The molecule has 4 amide bonds. The van der Waals surface area contributed by atoms with Crippen molar-refractivity contribution in [2.75, 3.05) is 17.4 Å². The molecule has 4 aromatic rings. The number of amides is 4. The summed E-state index contributed by atoms with van der Waals surface area (Å²) in [5.74, 6) is -8.33. The number of anilines is 2. The van der Waals surface area contributed by atoms with Crippen molar-refractivity contribution in [2.45, 2.75) is 24.2 Å². The maximum absolute atomic E-state index is 15.3. The molecule has 53 heavy (non-hydrogen) atoms. The number of allylic oxidation sites excluding steroid dienone is 2. The Morgan fingerprint density at radius 1 is 0.925 bits per heavy atom. The van der Waals surface area contributed by atoms with Crippen molar-refractivity contribution in [3.8, 4) is 11.5 Å². The van der Waals surface area contributed by atoms with Gasteiger partial charge in [0.25, 0.3) is 11.8 Å². The molecule has 0 aromatic heterocycles. The number of rotatable bonds is 7. The van der Waals surface area contributed by atoms with E-state index in [0.29, 0.717) is 21.7 Å². The van der Waals surface area contributed by atoms with Crippen LogP contribution in [0, 0.1) is 29.5 Å². The number of aromatic hydroxyl groups is 1. The highest BCUT2D eigenvalue weighted by Crippen LogP contribution is 2.65. The molecule has 0 spiro atoms. The smallest absolute Gasteiger partial charge is 0.335 e. The molecule has 2 heterocycles. The van der Waals surface area contributed by atoms with Crippen LogP contribution in [0.3, 0.4) is 0 Å². The van der Waals surface area contributed by atoms with Crippen molar-refractivity contribution in [2.24, 2.45) is 23.7 Å². The zero-order chi connectivity index (χ0) is 37.3. The van der Waals surface area contributed by atoms with E-state index in [0.717, 1.165) is 9.91 Å². The topological polar surface area (TPSA) is 154 Å². The average molecular weight is 736 g/mol. The zero-order valence-corrected chi connectivity index (χ0v) is 28.8. The molecule has 4 aliphatic rings. The number of nitrogens with zero attached hydrogens (tertiary/aromatic N) is 2. The van der Waals surface area contributed by atoms with Gasteiger partial charge in [-0.05, 0) is 85.0 Å². The van der Waals surface area contributed by atoms with Crippen LogP contribution in [-0.4, -0.2) is 51.9 Å². The number of halogens is 2. The number of phenolic OH excluding ortho intramolecular Hbond substituents is 1. The molecule has 0 bridgehead atoms. The third-order valence-electron chi connectivity index (χ3n) is 11.1. The minimum Gasteiger partial charge on any atom is -0.508 e. The number of hydrogen-bond donors (Lipinski definition) is 3. The molecule has 268 valence electrons. The second-order valence-electron chi connectivity index (χ2n) is 13.7. The Kier molecular flexibility index (Phi) is 8.10. The zero-order valence-electron chi connectivity index (χ0n) is 28.0. The highest BCUT2D eigenvalue weighted by atomic mass is 35.5. The molecule has 1 saturated carbocycles. The van der Waals surface area contributed by atoms with E-state index < -0.39 is 70.4 Å². The normalized spacial score (nSPS) is 26.2. The summed E-state index contributed by atoms with van der Waals surface area (Å²) in [6, 6.07) is 21.9. The number of hydrazine groups is 1. The van der Waals surface area contributed by atoms with E-state index in [4.69, 9.17) is 16.3 Å². The predicted octanol–water partition coefficient (Wildman–Crippen LogP) is 6.08. The van der Waals surface area contributed by atoms with Crippen molar-refractivity contribution in [1.82, 2.24) is 5.01 Å². The molecule has 4 aromatic carbocycles. The molecule has 0 radical (unpaired) electrons. The molecule has 3 N–H and O–H groups in total. The van der Waals surface area contributed by atoms with Gasteiger partial charge in [0.2, 0.25) is 11.8 Å². The van der Waals surface area contributed by atoms with Crippen LogP contribution in [0.15, 0.2) is 103 Å². The molecular weight excluding hydrogens is 705 g/mol. The van der Waals surface area contributed by atoms with Gasteiger partial charge in [-0.2, -0.15) is 5.01 Å². The van der Waals surface area contributed by atoms with E-state index in [-0.39, 0.29) is 41.3 Å². The number of carbonyl (C=O) groups is 5. The Morgan fingerprint density at radius 2 is 1.66 bits per heavy atom. The fourth-order valence-corrected chi connectivity index (χ4v) is 9.10. The lowest BCUT2D eigenvalue weighted by molar-refractivity contribution is -0.138. The molecule has 11 nitrogen and oxygen atoms in total. The van der Waals surface area contributed by atoms with Crippen LogP contribution >= 0.6 is 11.6 Å². The first-order valence-electron chi connectivity index (χ1n) is 16.9. The number of fused-ring (bicyclic) bond motifs is 4. The second kappa shape index (κ2) is 12.6. The van der Waals surface area contributed by atoms with E-state index in [2.05, 4.69) is 5.43 Å². The summed E-state index contributed by atoms with van der Waals surface area (Å²) >= 11 is 6.35. The predicted molar refractivity (Wildman–Crippen MR) is 190 cm³/mol. The average Bonchev–Trinajstić information content (AvgIpc) is 3.53. The van der Waals surface area contributed by atoms with Gasteiger partial charge < -0.3 is 14.9 Å². The number of hydrogen-bond acceptors (Lipinski definition) is 8. The Hall–Kier alpha value is -6.01. The van der Waals surface area contributed by atoms with Gasteiger partial charge in [-0.3, -0.25) is 29.5 Å². The molecule has 8 rings (SSSR count). The minimum atomic E-state index is -1.64. The first kappa shape index (κ1) is 34.1. The lowest BCUT2D eigenvalue weighted by Crippen LogP contribution is -2.53. The SMILES string of the molecule is COc1cc(O)ccc1[C@H]1C2=CC[C@@H]3C(=O)N(c4cccc(C(=O)O)c4)C(=O)[C@@H]3[C@@H]2C[C@H]2C(=O)N(Nc3ccc(F)cc3)C(=O)[C@@]12c1ccc(Cl)cc1. The number of phenols is 1. The van der Waals surface area contributed by atoms with Crippen LogP contribution in [0.25, 0.3) is 0 Å². The summed E-state index contributed by atoms with van der Waals surface area (Å²) in [5.41, 5.74) is 3.15. The van der Waals surface area contributed by atoms with Gasteiger partial charge in [0.1, 0.15) is 17.3 Å². The molecule has 2 saturated heterocycles. The maximum Gasteiger partial charge on any atom is 0.335 e. The Balaban J connectivity index is 1.33. The summed E-state index contributed by atoms with van der Waals surface area (Å²) in [5, 5.41) is 21.5. The lowest BCUT2D eigenvalue weighted by Gasteiger charge is -2.50. The molecular formula is C40H31ClFN3O8. The summed E-state index contributed by atoms with van der Waals surface area (Å²) in [6.07, 6.45) is 2.00. The monoisotopic (exact) mass is 735 g/mol. The summed E-state index contributed by atoms with van der Waals surface area (Å²) < 4.78 is 19.7.